The number of carbonyl (C=O) groups is 3. The highest BCUT2D eigenvalue weighted by Crippen LogP contribution is 2.05. The zero-order valence-electron chi connectivity index (χ0n) is 9.34. The van der Waals surface area contributed by atoms with E-state index in [1.165, 1.54) is 6.92 Å². The molecule has 0 aliphatic heterocycles. The average Bonchev–Trinajstić information content (AvgIpc) is 2.28. The Kier molecular flexibility index (Phi) is 4.39. The van der Waals surface area contributed by atoms with Gasteiger partial charge in [0.25, 0.3) is 0 Å². The number of carboxylic acid groups (broad SMARTS) is 1. The van der Waals surface area contributed by atoms with Crippen LogP contribution in [0.25, 0.3) is 0 Å². The van der Waals surface area contributed by atoms with Gasteiger partial charge in [-0.3, -0.25) is 9.59 Å². The largest absolute Gasteiger partial charge is 0.480 e. The maximum atomic E-state index is 11.7. The van der Waals surface area contributed by atoms with Gasteiger partial charge >= 0.3 is 5.97 Å². The van der Waals surface area contributed by atoms with Gasteiger partial charge in [0.15, 0.2) is 5.78 Å². The first-order valence-corrected chi connectivity index (χ1v) is 5.09. The lowest BCUT2D eigenvalue weighted by Gasteiger charge is -2.12. The molecule has 5 nitrogen and oxygen atoms in total. The predicted octanol–water partition coefficient (Wildman–Crippen LogP) is 0.849. The molecule has 0 fully saturated rings. The second kappa shape index (κ2) is 5.79. The fourth-order valence-corrected chi connectivity index (χ4v) is 1.37. The molecule has 1 amide bonds. The van der Waals surface area contributed by atoms with Crippen LogP contribution in [-0.4, -0.2) is 28.8 Å². The molecule has 0 spiro atoms. The molecule has 0 radical (unpaired) electrons. The number of carbonyl (C=O) groups excluding carboxylic acids is 2. The molecule has 0 saturated carbocycles. The van der Waals surface area contributed by atoms with Crippen molar-refractivity contribution in [2.75, 3.05) is 0 Å². The van der Waals surface area contributed by atoms with Crippen LogP contribution in [0.5, 0.6) is 0 Å². The third kappa shape index (κ3) is 4.06. The lowest BCUT2D eigenvalue weighted by Crippen LogP contribution is -2.41. The Hall–Kier alpha value is -2.17. The van der Waals surface area contributed by atoms with Gasteiger partial charge in [-0.1, -0.05) is 30.3 Å². The minimum absolute atomic E-state index is 0.251. The average molecular weight is 235 g/mol. The van der Waals surface area contributed by atoms with Crippen LogP contribution >= 0.6 is 0 Å². The lowest BCUT2D eigenvalue weighted by molar-refractivity contribution is -0.141. The standard InChI is InChI=1S/C12H13NO4/c1-8(14)13-10(12(16)17)7-11(15)9-5-3-2-4-6-9/h2-6,10H,7H2,1H3,(H,13,14)(H,16,17). The number of rotatable bonds is 5. The highest BCUT2D eigenvalue weighted by atomic mass is 16.4. The second-order valence-electron chi connectivity index (χ2n) is 3.58. The minimum Gasteiger partial charge on any atom is -0.480 e. The summed E-state index contributed by atoms with van der Waals surface area (Å²) in [6, 6.07) is 7.19. The monoisotopic (exact) mass is 235 g/mol. The summed E-state index contributed by atoms with van der Waals surface area (Å²) in [5.74, 6) is -2.01. The first-order chi connectivity index (χ1) is 8.00. The molecule has 0 heterocycles. The van der Waals surface area contributed by atoms with Crippen LogP contribution in [-0.2, 0) is 9.59 Å². The third-order valence-electron chi connectivity index (χ3n) is 2.16. The van der Waals surface area contributed by atoms with Crippen LogP contribution in [0.15, 0.2) is 30.3 Å². The molecule has 0 aliphatic carbocycles. The Morgan fingerprint density at radius 1 is 1.24 bits per heavy atom. The van der Waals surface area contributed by atoms with Gasteiger partial charge in [0, 0.05) is 18.9 Å². The van der Waals surface area contributed by atoms with Crippen molar-refractivity contribution in [3.8, 4) is 0 Å². The van der Waals surface area contributed by atoms with Crippen molar-refractivity contribution >= 4 is 17.7 Å². The molecule has 0 aliphatic rings. The van der Waals surface area contributed by atoms with Crippen molar-refractivity contribution in [1.82, 2.24) is 5.32 Å². The summed E-state index contributed by atoms with van der Waals surface area (Å²) in [6.07, 6.45) is -0.251. The zero-order valence-corrected chi connectivity index (χ0v) is 9.34. The van der Waals surface area contributed by atoms with Gasteiger partial charge in [-0.05, 0) is 0 Å². The second-order valence-corrected chi connectivity index (χ2v) is 3.58. The summed E-state index contributed by atoms with van der Waals surface area (Å²) in [5.41, 5.74) is 0.434. The van der Waals surface area contributed by atoms with Crippen LogP contribution in [0, 0.1) is 0 Å². The number of nitrogens with one attached hydrogen (secondary N) is 1. The Bertz CT molecular complexity index is 427. The number of ketones is 1. The molecule has 1 atom stereocenters. The summed E-state index contributed by atoms with van der Waals surface area (Å²) < 4.78 is 0. The van der Waals surface area contributed by atoms with Gasteiger partial charge in [0.2, 0.25) is 5.91 Å². The van der Waals surface area contributed by atoms with E-state index in [2.05, 4.69) is 5.32 Å². The van der Waals surface area contributed by atoms with Crippen molar-refractivity contribution in [2.24, 2.45) is 0 Å². The van der Waals surface area contributed by atoms with Crippen molar-refractivity contribution in [1.29, 1.82) is 0 Å². The van der Waals surface area contributed by atoms with E-state index in [1.54, 1.807) is 30.3 Å². The fraction of sp³-hybridized carbons (Fsp3) is 0.250. The molecule has 5 heteroatoms. The van der Waals surface area contributed by atoms with E-state index in [1.807, 2.05) is 0 Å². The van der Waals surface area contributed by atoms with Crippen molar-refractivity contribution in [2.45, 2.75) is 19.4 Å². The lowest BCUT2D eigenvalue weighted by atomic mass is 10.0. The van der Waals surface area contributed by atoms with Gasteiger partial charge in [-0.15, -0.1) is 0 Å². The maximum absolute atomic E-state index is 11.7. The molecule has 1 rings (SSSR count). The molecule has 17 heavy (non-hydrogen) atoms. The first-order valence-electron chi connectivity index (χ1n) is 5.09. The molecular weight excluding hydrogens is 222 g/mol. The zero-order chi connectivity index (χ0) is 12.8. The normalized spacial score (nSPS) is 11.6. The molecule has 1 aromatic rings. The van der Waals surface area contributed by atoms with Crippen LogP contribution in [0.1, 0.15) is 23.7 Å². The van der Waals surface area contributed by atoms with Crippen LogP contribution in [0.2, 0.25) is 0 Å². The van der Waals surface area contributed by atoms with E-state index in [0.717, 1.165) is 0 Å². The Morgan fingerprint density at radius 2 is 1.82 bits per heavy atom. The van der Waals surface area contributed by atoms with E-state index in [4.69, 9.17) is 5.11 Å². The van der Waals surface area contributed by atoms with Crippen LogP contribution in [0.4, 0.5) is 0 Å². The fourth-order valence-electron chi connectivity index (χ4n) is 1.37. The number of Topliss-reactive ketones (excluding diaryl/α,β-unsaturated/α-hetero) is 1. The summed E-state index contributed by atoms with van der Waals surface area (Å²) in [5, 5.41) is 11.1. The summed E-state index contributed by atoms with van der Waals surface area (Å²) >= 11 is 0. The Morgan fingerprint density at radius 3 is 2.29 bits per heavy atom. The first kappa shape index (κ1) is 12.9. The molecule has 90 valence electrons. The van der Waals surface area contributed by atoms with Crippen LogP contribution in [0.3, 0.4) is 0 Å². The number of amides is 1. The SMILES string of the molecule is CC(=O)NC(CC(=O)c1ccccc1)C(=O)O. The van der Waals surface area contributed by atoms with E-state index in [-0.39, 0.29) is 12.2 Å². The third-order valence-corrected chi connectivity index (χ3v) is 2.16. The van der Waals surface area contributed by atoms with Crippen LogP contribution < -0.4 is 5.32 Å². The summed E-state index contributed by atoms with van der Waals surface area (Å²) in [7, 11) is 0. The number of carboxylic acids is 1. The number of hydrogen-bond acceptors (Lipinski definition) is 3. The Labute approximate surface area is 98.4 Å². The Balaban J connectivity index is 2.71. The number of benzene rings is 1. The molecule has 1 unspecified atom stereocenters. The van der Waals surface area contributed by atoms with Crippen molar-refractivity contribution in [3.05, 3.63) is 35.9 Å². The molecule has 0 aromatic heterocycles. The summed E-state index contributed by atoms with van der Waals surface area (Å²) in [6.45, 7) is 1.21. The van der Waals surface area contributed by atoms with E-state index < -0.39 is 17.9 Å². The van der Waals surface area contributed by atoms with Crippen molar-refractivity contribution < 1.29 is 19.5 Å². The van der Waals surface area contributed by atoms with E-state index >= 15 is 0 Å². The smallest absolute Gasteiger partial charge is 0.326 e. The number of aliphatic carboxylic acids is 1. The maximum Gasteiger partial charge on any atom is 0.326 e. The topological polar surface area (TPSA) is 83.5 Å². The molecule has 1 aromatic carbocycles. The molecule has 0 bridgehead atoms. The minimum atomic E-state index is -1.22. The summed E-state index contributed by atoms with van der Waals surface area (Å²) in [4.78, 5) is 33.4. The predicted molar refractivity (Wildman–Crippen MR) is 60.6 cm³/mol. The molecule has 2 N–H and O–H groups in total. The quantitative estimate of drug-likeness (QED) is 0.741. The van der Waals surface area contributed by atoms with Crippen molar-refractivity contribution in [3.63, 3.8) is 0 Å². The highest BCUT2D eigenvalue weighted by molar-refractivity contribution is 5.99. The van der Waals surface area contributed by atoms with E-state index in [0.29, 0.717) is 5.56 Å². The van der Waals surface area contributed by atoms with Gasteiger partial charge in [-0.2, -0.15) is 0 Å². The van der Waals surface area contributed by atoms with E-state index in [9.17, 15) is 14.4 Å². The molecule has 0 saturated heterocycles. The van der Waals surface area contributed by atoms with Gasteiger partial charge in [0.05, 0.1) is 0 Å². The van der Waals surface area contributed by atoms with Gasteiger partial charge in [-0.25, -0.2) is 4.79 Å². The van der Waals surface area contributed by atoms with Gasteiger partial charge < -0.3 is 10.4 Å². The molecular formula is C12H13NO4. The highest BCUT2D eigenvalue weighted by Gasteiger charge is 2.22. The number of hydrogen-bond donors (Lipinski definition) is 2. The van der Waals surface area contributed by atoms with Gasteiger partial charge in [0.1, 0.15) is 6.04 Å².